The predicted molar refractivity (Wildman–Crippen MR) is 53.8 cm³/mol. The highest BCUT2D eigenvalue weighted by atomic mass is 16.4. The quantitative estimate of drug-likeness (QED) is 0.668. The number of hydrogen-bond acceptors (Lipinski definition) is 3. The van der Waals surface area contributed by atoms with Crippen LogP contribution in [0.1, 0.15) is 12.1 Å². The van der Waals surface area contributed by atoms with Crippen LogP contribution in [0.5, 0.6) is 0 Å². The second-order valence-electron chi connectivity index (χ2n) is 3.42. The maximum Gasteiger partial charge on any atom is 0.137 e. The first-order valence-corrected chi connectivity index (χ1v) is 4.84. The van der Waals surface area contributed by atoms with Gasteiger partial charge in [0, 0.05) is 19.3 Å². The molecule has 1 aliphatic rings. The van der Waals surface area contributed by atoms with Crippen molar-refractivity contribution in [3.63, 3.8) is 0 Å². The van der Waals surface area contributed by atoms with E-state index in [1.54, 1.807) is 6.20 Å². The van der Waals surface area contributed by atoms with Gasteiger partial charge in [0.25, 0.3) is 0 Å². The molecule has 0 bridgehead atoms. The Morgan fingerprint density at radius 1 is 1.47 bits per heavy atom. The van der Waals surface area contributed by atoms with E-state index in [0.717, 1.165) is 17.7 Å². The zero-order chi connectivity index (χ0) is 10.7. The first kappa shape index (κ1) is 9.71. The number of amides is 1. The molecule has 0 spiro atoms. The van der Waals surface area contributed by atoms with Crippen LogP contribution in [0.3, 0.4) is 0 Å². The van der Waals surface area contributed by atoms with Crippen LogP contribution in [-0.4, -0.2) is 29.1 Å². The lowest BCUT2D eigenvalue weighted by atomic mass is 10.1. The largest absolute Gasteiger partial charge is 0.530 e. The van der Waals surface area contributed by atoms with E-state index in [2.05, 4.69) is 4.98 Å². The first-order chi connectivity index (χ1) is 7.27. The minimum atomic E-state index is -1.11. The third kappa shape index (κ3) is 2.15. The minimum Gasteiger partial charge on any atom is -0.530 e. The van der Waals surface area contributed by atoms with Gasteiger partial charge in [0.05, 0.1) is 5.69 Å². The molecule has 0 saturated carbocycles. The van der Waals surface area contributed by atoms with Crippen LogP contribution in [0.25, 0.3) is 5.57 Å². The smallest absolute Gasteiger partial charge is 0.137 e. The molecule has 4 heteroatoms. The van der Waals surface area contributed by atoms with Crippen LogP contribution >= 0.6 is 0 Å². The summed E-state index contributed by atoms with van der Waals surface area (Å²) in [5.74, 6) is 0. The molecule has 1 amide bonds. The predicted octanol–water partition coefficient (Wildman–Crippen LogP) is 0.514. The van der Waals surface area contributed by atoms with E-state index in [9.17, 15) is 9.90 Å². The number of nitrogens with zero attached hydrogens (tertiary/aromatic N) is 2. The molecule has 0 aliphatic carbocycles. The molecule has 0 saturated heterocycles. The van der Waals surface area contributed by atoms with E-state index in [1.807, 2.05) is 24.3 Å². The van der Waals surface area contributed by atoms with Gasteiger partial charge in [-0.15, -0.1) is 0 Å². The van der Waals surface area contributed by atoms with E-state index < -0.39 is 6.09 Å². The highest BCUT2D eigenvalue weighted by Crippen LogP contribution is 2.18. The molecule has 15 heavy (non-hydrogen) atoms. The molecule has 4 nitrogen and oxygen atoms in total. The molecule has 0 fully saturated rings. The second-order valence-corrected chi connectivity index (χ2v) is 3.42. The summed E-state index contributed by atoms with van der Waals surface area (Å²) in [5.41, 5.74) is 1.79. The summed E-state index contributed by atoms with van der Waals surface area (Å²) in [6, 6.07) is 5.61. The number of carbonyl (C=O) groups excluding carboxylic acids is 1. The van der Waals surface area contributed by atoms with Crippen molar-refractivity contribution in [2.75, 3.05) is 13.1 Å². The lowest BCUT2D eigenvalue weighted by Crippen LogP contribution is -2.43. The minimum absolute atomic E-state index is 0.374. The lowest BCUT2D eigenvalue weighted by molar-refractivity contribution is -0.264. The average molecular weight is 203 g/mol. The molecular weight excluding hydrogens is 192 g/mol. The third-order valence-corrected chi connectivity index (χ3v) is 2.40. The van der Waals surface area contributed by atoms with Gasteiger partial charge < -0.3 is 14.8 Å². The van der Waals surface area contributed by atoms with Crippen LogP contribution in [0, 0.1) is 0 Å². The Labute approximate surface area is 87.9 Å². The average Bonchev–Trinajstić information content (AvgIpc) is 2.30. The zero-order valence-corrected chi connectivity index (χ0v) is 8.22. The van der Waals surface area contributed by atoms with Crippen molar-refractivity contribution in [3.05, 3.63) is 36.2 Å². The number of hydrogen-bond donors (Lipinski definition) is 0. The molecule has 1 aromatic rings. The van der Waals surface area contributed by atoms with E-state index in [4.69, 9.17) is 0 Å². The topological polar surface area (TPSA) is 56.3 Å². The highest BCUT2D eigenvalue weighted by molar-refractivity contribution is 5.71. The standard InChI is InChI=1S/C11H12N2O2/c14-11(15)13-7-3-4-9(8-13)10-5-1-2-6-12-10/h1-2,4-6H,3,7-8H2,(H,14,15)/p-1. The number of carboxylic acid groups (broad SMARTS) is 1. The van der Waals surface area contributed by atoms with Gasteiger partial charge in [-0.3, -0.25) is 4.98 Å². The second kappa shape index (κ2) is 4.13. The first-order valence-electron chi connectivity index (χ1n) is 4.84. The van der Waals surface area contributed by atoms with Crippen molar-refractivity contribution in [2.24, 2.45) is 0 Å². The molecule has 0 radical (unpaired) electrons. The van der Waals surface area contributed by atoms with Gasteiger partial charge in [0.15, 0.2) is 0 Å². The van der Waals surface area contributed by atoms with Gasteiger partial charge in [0.2, 0.25) is 0 Å². The van der Waals surface area contributed by atoms with E-state index in [-0.39, 0.29) is 0 Å². The van der Waals surface area contributed by atoms with E-state index >= 15 is 0 Å². The number of rotatable bonds is 1. The summed E-state index contributed by atoms with van der Waals surface area (Å²) in [7, 11) is 0. The maximum absolute atomic E-state index is 10.7. The van der Waals surface area contributed by atoms with Crippen LogP contribution in [0.2, 0.25) is 0 Å². The van der Waals surface area contributed by atoms with Gasteiger partial charge in [-0.25, -0.2) is 0 Å². The van der Waals surface area contributed by atoms with Gasteiger partial charge in [0.1, 0.15) is 6.09 Å². The van der Waals surface area contributed by atoms with Gasteiger partial charge in [-0.05, 0) is 24.1 Å². The summed E-state index contributed by atoms with van der Waals surface area (Å²) in [4.78, 5) is 16.2. The molecule has 78 valence electrons. The number of pyridine rings is 1. The summed E-state index contributed by atoms with van der Waals surface area (Å²) in [6.07, 6.45) is 3.34. The van der Waals surface area contributed by atoms with Gasteiger partial charge >= 0.3 is 0 Å². The summed E-state index contributed by atoms with van der Waals surface area (Å²) in [6.45, 7) is 0.887. The molecule has 0 unspecified atom stereocenters. The fourth-order valence-electron chi connectivity index (χ4n) is 1.64. The molecule has 2 heterocycles. The van der Waals surface area contributed by atoms with Crippen molar-refractivity contribution < 1.29 is 9.90 Å². The van der Waals surface area contributed by atoms with Crippen molar-refractivity contribution in [1.29, 1.82) is 0 Å². The van der Waals surface area contributed by atoms with E-state index in [1.165, 1.54) is 4.90 Å². The lowest BCUT2D eigenvalue weighted by Gasteiger charge is -2.29. The van der Waals surface area contributed by atoms with Crippen LogP contribution in [-0.2, 0) is 0 Å². The molecule has 1 aliphatic heterocycles. The summed E-state index contributed by atoms with van der Waals surface area (Å²) in [5, 5.41) is 10.7. The number of carbonyl (C=O) groups is 1. The monoisotopic (exact) mass is 203 g/mol. The molecule has 1 aromatic heterocycles. The van der Waals surface area contributed by atoms with Crippen LogP contribution in [0.15, 0.2) is 30.5 Å². The van der Waals surface area contributed by atoms with Crippen LogP contribution in [0.4, 0.5) is 4.79 Å². The molecular formula is C11H11N2O2-. The zero-order valence-electron chi connectivity index (χ0n) is 8.22. The Balaban J connectivity index is 2.18. The Bertz CT molecular complexity index is 387. The van der Waals surface area contributed by atoms with E-state index in [0.29, 0.717) is 13.1 Å². The molecule has 0 N–H and O–H groups in total. The van der Waals surface area contributed by atoms with Gasteiger partial charge in [-0.2, -0.15) is 0 Å². The third-order valence-electron chi connectivity index (χ3n) is 2.40. The Morgan fingerprint density at radius 2 is 2.33 bits per heavy atom. The van der Waals surface area contributed by atoms with Gasteiger partial charge in [-0.1, -0.05) is 12.1 Å². The molecule has 2 rings (SSSR count). The summed E-state index contributed by atoms with van der Waals surface area (Å²) >= 11 is 0. The van der Waals surface area contributed by atoms with Crippen molar-refractivity contribution in [3.8, 4) is 0 Å². The Hall–Kier alpha value is -1.84. The summed E-state index contributed by atoms with van der Waals surface area (Å²) < 4.78 is 0. The normalized spacial score (nSPS) is 16.0. The number of aromatic nitrogens is 1. The van der Waals surface area contributed by atoms with Crippen LogP contribution < -0.4 is 5.11 Å². The Morgan fingerprint density at radius 3 is 3.00 bits per heavy atom. The van der Waals surface area contributed by atoms with Crippen molar-refractivity contribution in [1.82, 2.24) is 9.88 Å². The van der Waals surface area contributed by atoms with Crippen molar-refractivity contribution in [2.45, 2.75) is 6.42 Å². The maximum atomic E-state index is 10.7. The van der Waals surface area contributed by atoms with Crippen molar-refractivity contribution >= 4 is 11.7 Å². The highest BCUT2D eigenvalue weighted by Gasteiger charge is 2.13. The SMILES string of the molecule is O=C([O-])N1CCC=C(c2ccccn2)C1. The fourth-order valence-corrected chi connectivity index (χ4v) is 1.64. The Kier molecular flexibility index (Phi) is 2.67. The fraction of sp³-hybridized carbons (Fsp3) is 0.273. The molecule has 0 aromatic carbocycles. The molecule has 0 atom stereocenters.